The number of carbonyl (C=O) groups is 2. The summed E-state index contributed by atoms with van der Waals surface area (Å²) in [6.07, 6.45) is 2.46. The number of nitrogens with zero attached hydrogens (tertiary/aromatic N) is 9. The highest BCUT2D eigenvalue weighted by atomic mass is 31.2. The van der Waals surface area contributed by atoms with E-state index in [9.17, 15) is 14.9 Å². The molecule has 1 unspecified atom stereocenters. The van der Waals surface area contributed by atoms with Crippen LogP contribution in [0.1, 0.15) is 57.2 Å². The predicted octanol–water partition coefficient (Wildman–Crippen LogP) is 11.3. The van der Waals surface area contributed by atoms with E-state index >= 15 is 0 Å². The molecule has 0 spiro atoms. The third-order valence-electron chi connectivity index (χ3n) is 11.9. The lowest BCUT2D eigenvalue weighted by Gasteiger charge is -2.38. The van der Waals surface area contributed by atoms with Gasteiger partial charge in [-0.25, -0.2) is 24.3 Å². The number of aromatic nitrogens is 4. The molecule has 0 bridgehead atoms. The maximum absolute atomic E-state index is 14.8. The first-order valence-electron chi connectivity index (χ1n) is 24.6. The Balaban J connectivity index is 1.26. The number of rotatable bonds is 26. The molecule has 18 heteroatoms. The number of Topliss-reactive ketones (excluding diaryl/α,β-unsaturated/α-hetero) is 1. The topological polar surface area (TPSA) is 179 Å². The zero-order chi connectivity index (χ0) is 53.3. The van der Waals surface area contributed by atoms with Gasteiger partial charge in [0.2, 0.25) is 0 Å². The third kappa shape index (κ3) is 14.0. The van der Waals surface area contributed by atoms with Crippen molar-refractivity contribution in [3.8, 4) is 23.6 Å². The number of hydrogen-bond acceptors (Lipinski definition) is 14. The second kappa shape index (κ2) is 26.6. The Labute approximate surface area is 440 Å². The minimum Gasteiger partial charge on any atom is -0.497 e. The first-order valence-corrected chi connectivity index (χ1v) is 25.7. The second-order valence-electron chi connectivity index (χ2n) is 18.2. The number of nitriles is 1. The van der Waals surface area contributed by atoms with Crippen LogP contribution in [-0.4, -0.2) is 108 Å². The molecule has 0 N–H and O–H groups in total. The third-order valence-corrected chi connectivity index (χ3v) is 14.0. The zero-order valence-electron chi connectivity index (χ0n) is 43.6. The monoisotopic (exact) mass is 1030 g/mol. The van der Waals surface area contributed by atoms with Gasteiger partial charge in [0.15, 0.2) is 22.8 Å². The molecule has 2 heterocycles. The van der Waals surface area contributed by atoms with Crippen molar-refractivity contribution < 1.29 is 37.6 Å². The van der Waals surface area contributed by atoms with E-state index in [1.165, 1.54) is 11.2 Å². The second-order valence-corrected chi connectivity index (χ2v) is 19.7. The van der Waals surface area contributed by atoms with E-state index in [-0.39, 0.29) is 74.5 Å². The van der Waals surface area contributed by atoms with Gasteiger partial charge in [0.05, 0.1) is 77.1 Å². The quantitative estimate of drug-likeness (QED) is 0.0164. The largest absolute Gasteiger partial charge is 0.497 e. The Morgan fingerprint density at radius 1 is 0.747 bits per heavy atom. The van der Waals surface area contributed by atoms with Crippen molar-refractivity contribution in [3.05, 3.63) is 163 Å². The van der Waals surface area contributed by atoms with Crippen LogP contribution in [0, 0.1) is 17.2 Å². The maximum atomic E-state index is 14.8. The van der Waals surface area contributed by atoms with Crippen LogP contribution in [0.25, 0.3) is 11.2 Å². The molecule has 7 rings (SSSR count). The summed E-state index contributed by atoms with van der Waals surface area (Å²) in [6, 6.07) is 45.6. The SMILES string of the molecule is COc1ccc(C(OC[C@@H](COP(OCCC#N)N(C(C)C)C(C)C)CC(=O)Cn2cnc3c(N=CN(C)C)nc(OC(=O)N(c4ccccc4)c4ccccc4)nc32)(c2ccccc2)c2ccc(OC)cc2)cc1. The Bertz CT molecular complexity index is 2900. The highest BCUT2D eigenvalue weighted by molar-refractivity contribution is 7.44. The van der Waals surface area contributed by atoms with Crippen LogP contribution >= 0.6 is 8.53 Å². The van der Waals surface area contributed by atoms with E-state index in [0.29, 0.717) is 28.4 Å². The Hall–Kier alpha value is -7.58. The molecule has 390 valence electrons. The molecule has 0 saturated heterocycles. The molecule has 2 aromatic heterocycles. The highest BCUT2D eigenvalue weighted by Gasteiger charge is 2.39. The van der Waals surface area contributed by atoms with Crippen LogP contribution in [0.5, 0.6) is 17.5 Å². The van der Waals surface area contributed by atoms with Crippen molar-refractivity contribution >= 4 is 55.1 Å². The number of ether oxygens (including phenoxy) is 4. The average Bonchev–Trinajstić information content (AvgIpc) is 3.82. The van der Waals surface area contributed by atoms with Crippen LogP contribution < -0.4 is 19.1 Å². The van der Waals surface area contributed by atoms with Gasteiger partial charge in [0.1, 0.15) is 17.1 Å². The van der Waals surface area contributed by atoms with Crippen molar-refractivity contribution in [3.63, 3.8) is 0 Å². The van der Waals surface area contributed by atoms with Gasteiger partial charge in [0.25, 0.3) is 8.53 Å². The van der Waals surface area contributed by atoms with E-state index in [0.717, 1.165) is 16.7 Å². The minimum absolute atomic E-state index is 0.0117. The number of hydrogen-bond donors (Lipinski definition) is 0. The van der Waals surface area contributed by atoms with Gasteiger partial charge in [-0.2, -0.15) is 15.2 Å². The number of para-hydroxylation sites is 2. The predicted molar refractivity (Wildman–Crippen MR) is 291 cm³/mol. The van der Waals surface area contributed by atoms with Gasteiger partial charge < -0.3 is 37.5 Å². The number of amides is 1. The fraction of sp³-hybridized carbons (Fsp3) is 0.316. The van der Waals surface area contributed by atoms with E-state index in [4.69, 9.17) is 28.0 Å². The van der Waals surface area contributed by atoms with Gasteiger partial charge in [-0.3, -0.25) is 4.79 Å². The Kier molecular flexibility index (Phi) is 19.6. The van der Waals surface area contributed by atoms with E-state index in [2.05, 4.69) is 58.4 Å². The first kappa shape index (κ1) is 55.2. The van der Waals surface area contributed by atoms with Crippen LogP contribution in [0.3, 0.4) is 0 Å². The lowest BCUT2D eigenvalue weighted by molar-refractivity contribution is -0.122. The van der Waals surface area contributed by atoms with Gasteiger partial charge in [0, 0.05) is 38.5 Å². The summed E-state index contributed by atoms with van der Waals surface area (Å²) in [5.41, 5.74) is 2.95. The number of anilines is 2. The lowest BCUT2D eigenvalue weighted by Crippen LogP contribution is -2.37. The minimum atomic E-state index is -1.68. The summed E-state index contributed by atoms with van der Waals surface area (Å²) in [5.74, 6) is 0.744. The summed E-state index contributed by atoms with van der Waals surface area (Å²) in [6.45, 7) is 8.38. The molecular weight excluding hydrogens is 970 g/mol. The van der Waals surface area contributed by atoms with E-state index < -0.39 is 26.1 Å². The number of benzene rings is 5. The van der Waals surface area contributed by atoms with Crippen LogP contribution in [0.2, 0.25) is 0 Å². The molecule has 0 radical (unpaired) electrons. The van der Waals surface area contributed by atoms with Crippen LogP contribution in [-0.2, 0) is 30.7 Å². The summed E-state index contributed by atoms with van der Waals surface area (Å²) in [5, 5.41) is 9.44. The summed E-state index contributed by atoms with van der Waals surface area (Å²) < 4.78 is 41.3. The lowest BCUT2D eigenvalue weighted by atomic mass is 9.79. The molecule has 0 saturated carbocycles. The zero-order valence-corrected chi connectivity index (χ0v) is 44.5. The van der Waals surface area contributed by atoms with Crippen LogP contribution in [0.15, 0.2) is 151 Å². The fourth-order valence-corrected chi connectivity index (χ4v) is 10.2. The summed E-state index contributed by atoms with van der Waals surface area (Å²) in [4.78, 5) is 50.5. The summed E-state index contributed by atoms with van der Waals surface area (Å²) >= 11 is 0. The smallest absolute Gasteiger partial charge is 0.426 e. The molecule has 17 nitrogen and oxygen atoms in total. The number of fused-ring (bicyclic) bond motifs is 1. The standard InChI is InChI=1S/C57H64N9O8P/c1-41(2)66(42(3)4)75(72-34-18-33-58)73-38-43(37-71-57(44-19-12-9-13-20-44,45-25-29-50(69-7)30-26-45)46-27-31-51(70-8)32-28-46)35-49(67)36-64-40-59-52-53(60-39-63(5)6)61-55(62-54(52)64)74-56(68)65(47-21-14-10-15-22-47)48-23-16-11-17-24-48/h9-17,19-32,39-43H,18,34-38H2,1-8H3/t43-,75?/m0/s1. The number of methoxy groups -OCH3 is 2. The van der Waals surface area contributed by atoms with Crippen molar-refractivity contribution in [1.29, 1.82) is 5.26 Å². The molecule has 5 aromatic carbocycles. The van der Waals surface area contributed by atoms with Gasteiger partial charge in [-0.05, 0) is 92.9 Å². The van der Waals surface area contributed by atoms with Gasteiger partial charge >= 0.3 is 12.1 Å². The molecular formula is C57H64N9O8P. The van der Waals surface area contributed by atoms with Gasteiger partial charge in [-0.15, -0.1) is 0 Å². The van der Waals surface area contributed by atoms with E-state index in [1.54, 1.807) is 54.3 Å². The first-order chi connectivity index (χ1) is 36.3. The van der Waals surface area contributed by atoms with E-state index in [1.807, 2.05) is 129 Å². The molecule has 0 fully saturated rings. The van der Waals surface area contributed by atoms with Crippen molar-refractivity contribution in [2.45, 2.75) is 64.8 Å². The van der Waals surface area contributed by atoms with Crippen molar-refractivity contribution in [2.75, 3.05) is 53.0 Å². The number of imidazole rings is 1. The Morgan fingerprint density at radius 2 is 1.29 bits per heavy atom. The van der Waals surface area contributed by atoms with Gasteiger partial charge in [-0.1, -0.05) is 91.0 Å². The Morgan fingerprint density at radius 3 is 1.81 bits per heavy atom. The number of aliphatic imine (C=N–C) groups is 1. The normalized spacial score (nSPS) is 12.5. The molecule has 7 aromatic rings. The highest BCUT2D eigenvalue weighted by Crippen LogP contribution is 2.47. The maximum Gasteiger partial charge on any atom is 0.426 e. The fourth-order valence-electron chi connectivity index (χ4n) is 8.51. The molecule has 1 amide bonds. The molecule has 2 atom stereocenters. The summed E-state index contributed by atoms with van der Waals surface area (Å²) in [7, 11) is 5.18. The molecule has 0 aliphatic carbocycles. The van der Waals surface area contributed by atoms with Crippen LogP contribution in [0.4, 0.5) is 22.0 Å². The molecule has 75 heavy (non-hydrogen) atoms. The molecule has 0 aliphatic heterocycles. The average molecular weight is 1030 g/mol. The number of ketones is 1. The van der Waals surface area contributed by atoms with Crippen molar-refractivity contribution in [1.82, 2.24) is 29.1 Å². The number of carbonyl (C=O) groups excluding carboxylic acids is 2. The van der Waals surface area contributed by atoms with Crippen molar-refractivity contribution in [2.24, 2.45) is 10.9 Å². The molecule has 0 aliphatic rings.